The largest absolute Gasteiger partial charge is 0.252 e. The standard InChI is InChI=1S/C64H38N2S2/c1-3-13-39(14-4-1)47-21-9-25-53-55-27-11-23-49(63(55)67-61(47)53)45-19-7-17-41(35-45)43-29-31-51-52-32-30-44(38-58(52)60-59(57(51)37-43)65-33-34-66-60)42-18-8-20-46(36-42)50-24-12-28-56-54-26-10-22-48(62(54)68-64(50)56)40-15-5-2-6-16-40/h1-38H. The van der Waals surface area contributed by atoms with Crippen LogP contribution in [0.3, 0.4) is 0 Å². The zero-order chi connectivity index (χ0) is 44.7. The molecule has 11 aromatic carbocycles. The molecule has 3 aromatic heterocycles. The third-order valence-electron chi connectivity index (χ3n) is 13.8. The van der Waals surface area contributed by atoms with Gasteiger partial charge in [0.05, 0.1) is 11.0 Å². The molecule has 4 heteroatoms. The molecule has 0 radical (unpaired) electrons. The van der Waals surface area contributed by atoms with Crippen LogP contribution in [0.5, 0.6) is 0 Å². The van der Waals surface area contributed by atoms with Crippen LogP contribution in [0.2, 0.25) is 0 Å². The molecule has 2 nitrogen and oxygen atoms in total. The van der Waals surface area contributed by atoms with E-state index in [9.17, 15) is 0 Å². The van der Waals surface area contributed by atoms with Crippen molar-refractivity contribution in [1.29, 1.82) is 0 Å². The average molecular weight is 899 g/mol. The minimum Gasteiger partial charge on any atom is -0.252 e. The second kappa shape index (κ2) is 15.7. The Kier molecular flexibility index (Phi) is 8.98. The van der Waals surface area contributed by atoms with Crippen molar-refractivity contribution in [2.75, 3.05) is 0 Å². The Morgan fingerprint density at radius 1 is 0.221 bits per heavy atom. The highest BCUT2D eigenvalue weighted by Gasteiger charge is 2.18. The van der Waals surface area contributed by atoms with Gasteiger partial charge in [0.1, 0.15) is 0 Å². The van der Waals surface area contributed by atoms with Crippen LogP contribution in [-0.2, 0) is 0 Å². The molecular formula is C64H38N2S2. The van der Waals surface area contributed by atoms with Gasteiger partial charge in [-0.05, 0) is 102 Å². The van der Waals surface area contributed by atoms with Crippen molar-refractivity contribution >= 4 is 95.6 Å². The highest BCUT2D eigenvalue weighted by atomic mass is 32.1. The Morgan fingerprint density at radius 2 is 0.544 bits per heavy atom. The number of hydrogen-bond acceptors (Lipinski definition) is 4. The first kappa shape index (κ1) is 38.9. The molecule has 0 atom stereocenters. The number of fused-ring (bicyclic) bond motifs is 12. The molecule has 0 spiro atoms. The molecule has 0 saturated carbocycles. The molecule has 316 valence electrons. The lowest BCUT2D eigenvalue weighted by atomic mass is 9.92. The number of nitrogens with zero attached hydrogens (tertiary/aromatic N) is 2. The van der Waals surface area contributed by atoms with Crippen LogP contribution >= 0.6 is 22.7 Å². The molecular weight excluding hydrogens is 861 g/mol. The monoisotopic (exact) mass is 898 g/mol. The minimum atomic E-state index is 0.912. The van der Waals surface area contributed by atoms with Gasteiger partial charge in [-0.3, -0.25) is 9.97 Å². The number of hydrogen-bond donors (Lipinski definition) is 0. The predicted molar refractivity (Wildman–Crippen MR) is 293 cm³/mol. The van der Waals surface area contributed by atoms with Gasteiger partial charge in [-0.15, -0.1) is 22.7 Å². The van der Waals surface area contributed by atoms with Crippen molar-refractivity contribution in [3.63, 3.8) is 0 Å². The molecule has 0 aliphatic rings. The number of benzene rings is 11. The number of rotatable bonds is 6. The summed E-state index contributed by atoms with van der Waals surface area (Å²) in [4.78, 5) is 10.0. The quantitative estimate of drug-likeness (QED) is 0.155. The Bertz CT molecular complexity index is 4020. The fraction of sp³-hybridized carbons (Fsp3) is 0. The van der Waals surface area contributed by atoms with Crippen molar-refractivity contribution in [1.82, 2.24) is 9.97 Å². The van der Waals surface area contributed by atoms with Crippen molar-refractivity contribution in [3.05, 3.63) is 231 Å². The molecule has 0 fully saturated rings. The maximum atomic E-state index is 5.01. The van der Waals surface area contributed by atoms with E-state index in [4.69, 9.17) is 9.97 Å². The predicted octanol–water partition coefficient (Wildman–Crippen LogP) is 18.7. The van der Waals surface area contributed by atoms with Gasteiger partial charge in [-0.1, -0.05) is 194 Å². The number of thiophene rings is 2. The number of aromatic nitrogens is 2. The molecule has 3 heterocycles. The summed E-state index contributed by atoms with van der Waals surface area (Å²) >= 11 is 3.79. The summed E-state index contributed by atoms with van der Waals surface area (Å²) < 4.78 is 5.27. The summed E-state index contributed by atoms with van der Waals surface area (Å²) in [6.07, 6.45) is 3.64. The first-order chi connectivity index (χ1) is 33.7. The van der Waals surface area contributed by atoms with E-state index in [0.29, 0.717) is 0 Å². The van der Waals surface area contributed by atoms with Gasteiger partial charge in [-0.25, -0.2) is 0 Å². The fourth-order valence-corrected chi connectivity index (χ4v) is 13.3. The average Bonchev–Trinajstić information content (AvgIpc) is 4.00. The van der Waals surface area contributed by atoms with Gasteiger partial charge in [0.25, 0.3) is 0 Å². The van der Waals surface area contributed by atoms with Crippen LogP contribution in [-0.4, -0.2) is 9.97 Å². The van der Waals surface area contributed by atoms with Crippen LogP contribution in [0.1, 0.15) is 0 Å². The van der Waals surface area contributed by atoms with E-state index in [1.165, 1.54) is 107 Å². The molecule has 0 N–H and O–H groups in total. The highest BCUT2D eigenvalue weighted by molar-refractivity contribution is 7.27. The summed E-state index contributed by atoms with van der Waals surface area (Å²) in [6.45, 7) is 0. The molecule has 0 saturated heterocycles. The summed E-state index contributed by atoms with van der Waals surface area (Å²) in [5.41, 5.74) is 16.4. The molecule has 0 aliphatic carbocycles. The van der Waals surface area contributed by atoms with E-state index in [1.807, 2.05) is 35.1 Å². The molecule has 0 bridgehead atoms. The van der Waals surface area contributed by atoms with Gasteiger partial charge in [0, 0.05) is 63.5 Å². The van der Waals surface area contributed by atoms with Crippen LogP contribution in [0.25, 0.3) is 140 Å². The first-order valence-electron chi connectivity index (χ1n) is 23.0. The van der Waals surface area contributed by atoms with Crippen molar-refractivity contribution in [2.45, 2.75) is 0 Å². The minimum absolute atomic E-state index is 0.912. The summed E-state index contributed by atoms with van der Waals surface area (Å²) in [6, 6.07) is 80.1. The zero-order valence-electron chi connectivity index (χ0n) is 36.7. The smallest absolute Gasteiger partial charge is 0.0971 e. The molecule has 0 aliphatic heterocycles. The van der Waals surface area contributed by atoms with E-state index in [-0.39, 0.29) is 0 Å². The Balaban J connectivity index is 0.848. The Hall–Kier alpha value is -8.28. The van der Waals surface area contributed by atoms with Gasteiger partial charge < -0.3 is 0 Å². The summed E-state index contributed by atoms with van der Waals surface area (Å²) in [5.74, 6) is 0. The lowest BCUT2D eigenvalue weighted by Crippen LogP contribution is -1.90. The Morgan fingerprint density at radius 3 is 0.941 bits per heavy atom. The van der Waals surface area contributed by atoms with E-state index in [1.54, 1.807) is 0 Å². The summed E-state index contributed by atoms with van der Waals surface area (Å²) in [7, 11) is 0. The second-order valence-electron chi connectivity index (χ2n) is 17.6. The van der Waals surface area contributed by atoms with Crippen LogP contribution in [0.15, 0.2) is 231 Å². The highest BCUT2D eigenvalue weighted by Crippen LogP contribution is 2.47. The van der Waals surface area contributed by atoms with Crippen LogP contribution < -0.4 is 0 Å². The second-order valence-corrected chi connectivity index (χ2v) is 19.6. The van der Waals surface area contributed by atoms with Crippen molar-refractivity contribution < 1.29 is 0 Å². The maximum absolute atomic E-state index is 5.01. The van der Waals surface area contributed by atoms with Crippen LogP contribution in [0.4, 0.5) is 0 Å². The van der Waals surface area contributed by atoms with Gasteiger partial charge in [0.15, 0.2) is 0 Å². The van der Waals surface area contributed by atoms with Gasteiger partial charge in [-0.2, -0.15) is 0 Å². The van der Waals surface area contributed by atoms with Gasteiger partial charge in [0.2, 0.25) is 0 Å². The lowest BCUT2D eigenvalue weighted by molar-refractivity contribution is 1.31. The molecule has 14 rings (SSSR count). The van der Waals surface area contributed by atoms with E-state index in [0.717, 1.165) is 32.9 Å². The molecule has 0 amide bonds. The zero-order valence-corrected chi connectivity index (χ0v) is 38.3. The lowest BCUT2D eigenvalue weighted by Gasteiger charge is -2.13. The third-order valence-corrected chi connectivity index (χ3v) is 16.3. The normalized spacial score (nSPS) is 11.8. The third kappa shape index (κ3) is 6.22. The van der Waals surface area contributed by atoms with Gasteiger partial charge >= 0.3 is 0 Å². The maximum Gasteiger partial charge on any atom is 0.0971 e. The van der Waals surface area contributed by atoms with Crippen LogP contribution in [0, 0.1) is 0 Å². The SMILES string of the molecule is c1ccc(-c2cccc3c2sc2c(-c4cccc(-c5ccc6c7ccc(-c8cccc(-c9cccc%10c9sc9c(-c%11ccccc%11)cccc9%10)c8)cc7c7nccnc7c6c5)c4)cccc23)cc1. The van der Waals surface area contributed by atoms with Crippen molar-refractivity contribution in [2.24, 2.45) is 0 Å². The summed E-state index contributed by atoms with van der Waals surface area (Å²) in [5, 5.41) is 9.75. The van der Waals surface area contributed by atoms with E-state index < -0.39 is 0 Å². The molecule has 68 heavy (non-hydrogen) atoms. The molecule has 14 aromatic rings. The van der Waals surface area contributed by atoms with E-state index in [2.05, 4.69) is 218 Å². The fourth-order valence-electron chi connectivity index (χ4n) is 10.6. The Labute approximate surface area is 400 Å². The first-order valence-corrected chi connectivity index (χ1v) is 24.7. The van der Waals surface area contributed by atoms with Crippen molar-refractivity contribution in [3.8, 4) is 66.8 Å². The topological polar surface area (TPSA) is 25.8 Å². The molecule has 0 unspecified atom stereocenters. The van der Waals surface area contributed by atoms with E-state index >= 15 is 0 Å².